The van der Waals surface area contributed by atoms with E-state index in [1.165, 1.54) is 55.2 Å². The molecule has 4 aromatic heterocycles. The number of ether oxygens (including phenoxy) is 3. The number of carbonyl (C=O) groups is 1. The standard InChI is InChI=1S/C57H70FN10O8S/c1-36(2)42-9-7-8-10-43(42)48-35-66(34-38-15-20-59-51(25-38)74-5)23-24-68(48)40-29-57(30-40)18-21-67(22-19-57)39-11-12-44(49(26-39)76-50-28-45-46(58)33-62-52(45)63-55(50)75-6)54(69)64-77(72,73)41-27-47(65(4)71)53(61-32-41)60-31-37-13-16-56(3,70)17-14-37/h7-12,15,20,25-28,32-33,36-37,40,48,70H,13-14,16-19,21-24,29-31,34-35H2,1-6H3,(H,60,61)(H,62,63)(H,64,69)/q-1/t37?,48-,56?/m0/s1. The number of benzene rings is 2. The second kappa shape index (κ2) is 22.0. The maximum absolute atomic E-state index is 14.9. The first-order valence-electron chi connectivity index (χ1n) is 26.7. The van der Waals surface area contributed by atoms with Gasteiger partial charge in [-0.2, -0.15) is 4.98 Å². The number of nitrogens with zero attached hydrogens (tertiary/aromatic N) is 7. The number of aromatic nitrogens is 4. The predicted octanol–water partition coefficient (Wildman–Crippen LogP) is 9.14. The second-order valence-electron chi connectivity index (χ2n) is 22.1. The zero-order valence-electron chi connectivity index (χ0n) is 44.7. The van der Waals surface area contributed by atoms with Crippen molar-refractivity contribution in [3.63, 3.8) is 0 Å². The highest BCUT2D eigenvalue weighted by Crippen LogP contribution is 2.53. The lowest BCUT2D eigenvalue weighted by atomic mass is 9.59. The number of H-pyrrole nitrogens is 1. The van der Waals surface area contributed by atoms with Gasteiger partial charge in [0.05, 0.1) is 36.5 Å². The van der Waals surface area contributed by atoms with Crippen LogP contribution in [0.25, 0.3) is 11.0 Å². The quantitative estimate of drug-likeness (QED) is 0.0627. The van der Waals surface area contributed by atoms with Crippen molar-refractivity contribution in [3.8, 4) is 23.3 Å². The van der Waals surface area contributed by atoms with Crippen LogP contribution in [-0.2, 0) is 16.6 Å². The summed E-state index contributed by atoms with van der Waals surface area (Å²) < 4.78 is 62.5. The van der Waals surface area contributed by atoms with Crippen molar-refractivity contribution in [2.45, 2.75) is 107 Å². The molecule has 0 radical (unpaired) electrons. The molecule has 18 nitrogen and oxygen atoms in total. The Morgan fingerprint density at radius 3 is 2.47 bits per heavy atom. The number of pyridine rings is 3. The van der Waals surface area contributed by atoms with Gasteiger partial charge in [-0.3, -0.25) is 14.6 Å². The number of hydroxylamine groups is 1. The SMILES string of the molecule is COc1cc(CN2CCN(C3CC4(CCN(c5ccc(C(=O)NS(=O)(=O)c6cnc(NCC7CCC(C)(O)CC7)c(N(C)[O-])c6)c(Oc6cc7c(F)c[nH]c7nc6OC)c5)CC4)C3)[C@H](c3ccccc3C(C)C)C2)ccn1. The number of fused-ring (bicyclic) bond motifs is 1. The summed E-state index contributed by atoms with van der Waals surface area (Å²) in [6, 6.07) is 21.3. The third-order valence-corrected chi connectivity index (χ3v) is 17.8. The molecule has 410 valence electrons. The Morgan fingerprint density at radius 2 is 1.74 bits per heavy atom. The molecule has 4 fully saturated rings. The number of sulfonamides is 1. The minimum Gasteiger partial charge on any atom is -0.758 e. The summed E-state index contributed by atoms with van der Waals surface area (Å²) >= 11 is 0. The average molecular weight is 1070 g/mol. The molecule has 4 aliphatic rings. The Hall–Kier alpha value is -6.58. The van der Waals surface area contributed by atoms with Gasteiger partial charge in [0.1, 0.15) is 27.9 Å². The molecule has 2 aliphatic heterocycles. The third kappa shape index (κ3) is 11.7. The van der Waals surface area contributed by atoms with E-state index in [2.05, 4.69) is 88.9 Å². The lowest BCUT2D eigenvalue weighted by Crippen LogP contribution is -2.60. The van der Waals surface area contributed by atoms with Crippen LogP contribution in [0, 0.1) is 22.4 Å². The van der Waals surface area contributed by atoms with Crippen LogP contribution in [0.5, 0.6) is 23.3 Å². The lowest BCUT2D eigenvalue weighted by Gasteiger charge is -2.58. The normalized spacial score (nSPS) is 21.2. The molecule has 2 saturated heterocycles. The van der Waals surface area contributed by atoms with Crippen LogP contribution in [-0.4, -0.2) is 121 Å². The van der Waals surface area contributed by atoms with Crippen LogP contribution < -0.4 is 34.2 Å². The lowest BCUT2D eigenvalue weighted by molar-refractivity contribution is -0.0628. The minimum absolute atomic E-state index is 0.00688. The first-order chi connectivity index (χ1) is 36.9. The van der Waals surface area contributed by atoms with E-state index in [1.54, 1.807) is 19.2 Å². The summed E-state index contributed by atoms with van der Waals surface area (Å²) in [6.07, 6.45) is 11.1. The van der Waals surface area contributed by atoms with E-state index in [0.29, 0.717) is 42.3 Å². The minimum atomic E-state index is -4.61. The molecule has 1 amide bonds. The monoisotopic (exact) mass is 1070 g/mol. The van der Waals surface area contributed by atoms with E-state index in [0.717, 1.165) is 89.7 Å². The van der Waals surface area contributed by atoms with E-state index in [9.17, 15) is 27.9 Å². The first-order valence-corrected chi connectivity index (χ1v) is 28.2. The van der Waals surface area contributed by atoms with Gasteiger partial charge in [0, 0.05) is 100 Å². The van der Waals surface area contributed by atoms with Crippen molar-refractivity contribution in [3.05, 3.63) is 119 Å². The van der Waals surface area contributed by atoms with E-state index >= 15 is 0 Å². The third-order valence-electron chi connectivity index (χ3n) is 16.5. The molecule has 6 heterocycles. The number of hydrogen-bond acceptors (Lipinski definition) is 16. The van der Waals surface area contributed by atoms with Gasteiger partial charge in [0.15, 0.2) is 5.75 Å². The summed E-state index contributed by atoms with van der Waals surface area (Å²) in [5, 5.41) is 27.0. The Balaban J connectivity index is 0.857. The number of halogens is 1. The second-order valence-corrected chi connectivity index (χ2v) is 23.8. The fourth-order valence-electron chi connectivity index (χ4n) is 12.0. The molecule has 10 rings (SSSR count). The molecule has 4 N–H and O–H groups in total. The smallest absolute Gasteiger partial charge is 0.268 e. The van der Waals surface area contributed by atoms with Gasteiger partial charge in [-0.25, -0.2) is 27.5 Å². The number of anilines is 3. The molecule has 20 heteroatoms. The van der Waals surface area contributed by atoms with Gasteiger partial charge in [-0.1, -0.05) is 38.1 Å². The molecule has 1 spiro atoms. The highest BCUT2D eigenvalue weighted by molar-refractivity contribution is 7.90. The van der Waals surface area contributed by atoms with Crippen LogP contribution in [0.3, 0.4) is 0 Å². The number of aromatic amines is 1. The average Bonchev–Trinajstić information content (AvgIpc) is 3.82. The zero-order valence-corrected chi connectivity index (χ0v) is 45.5. The Labute approximate surface area is 450 Å². The fraction of sp³-hybridized carbons (Fsp3) is 0.474. The van der Waals surface area contributed by atoms with Gasteiger partial charge >= 0.3 is 0 Å². The van der Waals surface area contributed by atoms with Crippen molar-refractivity contribution in [1.29, 1.82) is 0 Å². The van der Waals surface area contributed by atoms with Crippen LogP contribution in [0.15, 0.2) is 90.2 Å². The number of piperazine rings is 1. The number of methoxy groups -OCH3 is 2. The zero-order chi connectivity index (χ0) is 54.2. The number of aliphatic hydroxyl groups is 1. The summed E-state index contributed by atoms with van der Waals surface area (Å²) in [6.45, 7) is 12.0. The van der Waals surface area contributed by atoms with Crippen LogP contribution in [0.4, 0.5) is 21.6 Å². The van der Waals surface area contributed by atoms with Gasteiger partial charge in [0.25, 0.3) is 21.8 Å². The molecule has 2 aliphatic carbocycles. The predicted molar refractivity (Wildman–Crippen MR) is 294 cm³/mol. The number of carbonyl (C=O) groups excluding carboxylic acids is 1. The van der Waals surface area contributed by atoms with Gasteiger partial charge < -0.3 is 44.8 Å². The molecule has 77 heavy (non-hydrogen) atoms. The Kier molecular flexibility index (Phi) is 15.4. The number of rotatable bonds is 17. The highest BCUT2D eigenvalue weighted by atomic mass is 32.2. The van der Waals surface area contributed by atoms with Crippen molar-refractivity contribution < 1.29 is 36.9 Å². The van der Waals surface area contributed by atoms with Gasteiger partial charge in [-0.15, -0.1) is 0 Å². The van der Waals surface area contributed by atoms with E-state index in [-0.39, 0.29) is 62.9 Å². The van der Waals surface area contributed by atoms with Crippen LogP contribution in [0.2, 0.25) is 0 Å². The van der Waals surface area contributed by atoms with Gasteiger partial charge in [-0.05, 0) is 124 Å². The summed E-state index contributed by atoms with van der Waals surface area (Å²) in [5.74, 6) is -0.129. The molecule has 2 saturated carbocycles. The maximum atomic E-state index is 14.9. The Bertz CT molecular complexity index is 3200. The Morgan fingerprint density at radius 1 is 0.974 bits per heavy atom. The number of amides is 1. The van der Waals surface area contributed by atoms with Gasteiger partial charge in [0.2, 0.25) is 5.88 Å². The topological polar surface area (TPSA) is 214 Å². The number of hydrogen-bond donors (Lipinski definition) is 4. The molecule has 1 atom stereocenters. The highest BCUT2D eigenvalue weighted by Gasteiger charge is 2.50. The molecular formula is C57H70FN10O8S-. The van der Waals surface area contributed by atoms with Crippen LogP contribution in [0.1, 0.15) is 111 Å². The van der Waals surface area contributed by atoms with E-state index < -0.39 is 32.2 Å². The molecular weight excluding hydrogens is 1000 g/mol. The first kappa shape index (κ1) is 53.8. The van der Waals surface area contributed by atoms with Crippen molar-refractivity contribution >= 4 is 44.2 Å². The summed E-state index contributed by atoms with van der Waals surface area (Å²) in [4.78, 5) is 37.2. The maximum Gasteiger partial charge on any atom is 0.268 e. The molecule has 2 aromatic carbocycles. The summed E-state index contributed by atoms with van der Waals surface area (Å²) in [5.41, 5.74) is 4.28. The number of nitrogens with one attached hydrogen (secondary N) is 3. The molecule has 6 aromatic rings. The molecule has 0 bridgehead atoms. The van der Waals surface area contributed by atoms with Crippen molar-refractivity contribution in [1.82, 2.24) is 34.5 Å². The summed E-state index contributed by atoms with van der Waals surface area (Å²) in [7, 11) is -0.330. The van der Waals surface area contributed by atoms with Crippen molar-refractivity contribution in [2.24, 2.45) is 11.3 Å². The molecule has 0 unspecified atom stereocenters. The van der Waals surface area contributed by atoms with Crippen molar-refractivity contribution in [2.75, 3.05) is 75.8 Å². The number of piperidine rings is 1. The van der Waals surface area contributed by atoms with E-state index in [4.69, 9.17) is 14.2 Å². The van der Waals surface area contributed by atoms with Crippen LogP contribution >= 0.6 is 0 Å². The van der Waals surface area contributed by atoms with E-state index in [1.807, 2.05) is 19.2 Å². The fourth-order valence-corrected chi connectivity index (χ4v) is 13.0. The largest absolute Gasteiger partial charge is 0.758 e.